The summed E-state index contributed by atoms with van der Waals surface area (Å²) in [5.74, 6) is 0. The van der Waals surface area contributed by atoms with Crippen LogP contribution in [0, 0.1) is 0 Å². The standard InChI is InChI=1S/C10H17NOS/c1-10(8-11,12-2)5-3-9-4-6-13-7-9/h4,6-7H,3,5,8,11H2,1-2H3. The van der Waals surface area contributed by atoms with Gasteiger partial charge in [-0.25, -0.2) is 0 Å². The highest BCUT2D eigenvalue weighted by Gasteiger charge is 2.20. The van der Waals surface area contributed by atoms with Crippen LogP contribution in [0.4, 0.5) is 0 Å². The first-order valence-corrected chi connectivity index (χ1v) is 5.41. The first kappa shape index (κ1) is 10.7. The molecule has 1 unspecified atom stereocenters. The molecule has 0 saturated carbocycles. The fraction of sp³-hybridized carbons (Fsp3) is 0.600. The number of nitrogens with two attached hydrogens (primary N) is 1. The zero-order chi connectivity index (χ0) is 9.73. The summed E-state index contributed by atoms with van der Waals surface area (Å²) in [6, 6.07) is 2.15. The van der Waals surface area contributed by atoms with Crippen LogP contribution in [-0.2, 0) is 11.2 Å². The highest BCUT2D eigenvalue weighted by Crippen LogP contribution is 2.17. The van der Waals surface area contributed by atoms with Crippen LogP contribution < -0.4 is 5.73 Å². The molecular weight excluding hydrogens is 182 g/mol. The van der Waals surface area contributed by atoms with E-state index >= 15 is 0 Å². The van der Waals surface area contributed by atoms with E-state index in [1.165, 1.54) is 5.56 Å². The highest BCUT2D eigenvalue weighted by molar-refractivity contribution is 7.07. The van der Waals surface area contributed by atoms with E-state index in [2.05, 4.69) is 23.8 Å². The van der Waals surface area contributed by atoms with Gasteiger partial charge in [-0.05, 0) is 42.2 Å². The number of thiophene rings is 1. The molecule has 1 heterocycles. The van der Waals surface area contributed by atoms with E-state index in [9.17, 15) is 0 Å². The normalized spacial score (nSPS) is 15.6. The van der Waals surface area contributed by atoms with Gasteiger partial charge < -0.3 is 10.5 Å². The molecule has 1 aromatic rings. The molecule has 0 radical (unpaired) electrons. The maximum atomic E-state index is 5.63. The second-order valence-electron chi connectivity index (χ2n) is 3.49. The van der Waals surface area contributed by atoms with E-state index in [-0.39, 0.29) is 5.60 Å². The topological polar surface area (TPSA) is 35.2 Å². The molecule has 1 aromatic heterocycles. The Morgan fingerprint density at radius 3 is 2.85 bits per heavy atom. The predicted octanol–water partition coefficient (Wildman–Crippen LogP) is 2.04. The molecule has 0 aliphatic rings. The molecule has 0 aliphatic heterocycles. The first-order chi connectivity index (χ1) is 6.20. The Labute approximate surface area is 83.7 Å². The van der Waals surface area contributed by atoms with Gasteiger partial charge in [-0.1, -0.05) is 0 Å². The highest BCUT2D eigenvalue weighted by atomic mass is 32.1. The molecule has 1 rings (SSSR count). The van der Waals surface area contributed by atoms with Crippen LogP contribution in [0.25, 0.3) is 0 Å². The monoisotopic (exact) mass is 199 g/mol. The third-order valence-corrected chi connectivity index (χ3v) is 3.18. The van der Waals surface area contributed by atoms with Gasteiger partial charge in [-0.2, -0.15) is 11.3 Å². The average molecular weight is 199 g/mol. The smallest absolute Gasteiger partial charge is 0.0775 e. The Morgan fingerprint density at radius 1 is 1.62 bits per heavy atom. The van der Waals surface area contributed by atoms with Gasteiger partial charge in [0.2, 0.25) is 0 Å². The first-order valence-electron chi connectivity index (χ1n) is 4.46. The minimum absolute atomic E-state index is 0.165. The van der Waals surface area contributed by atoms with Crippen molar-refractivity contribution in [1.29, 1.82) is 0 Å². The van der Waals surface area contributed by atoms with Gasteiger partial charge in [0.1, 0.15) is 0 Å². The lowest BCUT2D eigenvalue weighted by Gasteiger charge is -2.25. The number of methoxy groups -OCH3 is 1. The van der Waals surface area contributed by atoms with Gasteiger partial charge in [-0.3, -0.25) is 0 Å². The summed E-state index contributed by atoms with van der Waals surface area (Å²) in [5.41, 5.74) is 6.85. The lowest BCUT2D eigenvalue weighted by molar-refractivity contribution is 0.00706. The fourth-order valence-corrected chi connectivity index (χ4v) is 1.83. The van der Waals surface area contributed by atoms with Crippen molar-refractivity contribution >= 4 is 11.3 Å². The molecule has 74 valence electrons. The molecule has 0 saturated heterocycles. The predicted molar refractivity (Wildman–Crippen MR) is 57.1 cm³/mol. The number of rotatable bonds is 5. The molecule has 0 amide bonds. The summed E-state index contributed by atoms with van der Waals surface area (Å²) in [4.78, 5) is 0. The number of hydrogen-bond acceptors (Lipinski definition) is 3. The molecule has 0 fully saturated rings. The molecule has 0 aromatic carbocycles. The summed E-state index contributed by atoms with van der Waals surface area (Å²) in [6.07, 6.45) is 2.03. The minimum Gasteiger partial charge on any atom is -0.377 e. The van der Waals surface area contributed by atoms with Crippen LogP contribution in [-0.4, -0.2) is 19.3 Å². The Kier molecular flexibility index (Phi) is 3.90. The molecule has 1 atom stereocenters. The molecule has 0 aliphatic carbocycles. The summed E-state index contributed by atoms with van der Waals surface area (Å²) < 4.78 is 5.36. The van der Waals surface area contributed by atoms with Gasteiger partial charge in [0.05, 0.1) is 5.60 Å². The molecule has 3 heteroatoms. The van der Waals surface area contributed by atoms with Crippen LogP contribution >= 0.6 is 11.3 Å². The van der Waals surface area contributed by atoms with Gasteiger partial charge in [0, 0.05) is 13.7 Å². The largest absolute Gasteiger partial charge is 0.377 e. The van der Waals surface area contributed by atoms with E-state index in [0.29, 0.717) is 6.54 Å². The number of aryl methyl sites for hydroxylation is 1. The van der Waals surface area contributed by atoms with E-state index in [0.717, 1.165) is 12.8 Å². The van der Waals surface area contributed by atoms with E-state index < -0.39 is 0 Å². The van der Waals surface area contributed by atoms with Crippen molar-refractivity contribution in [2.75, 3.05) is 13.7 Å². The van der Waals surface area contributed by atoms with Crippen molar-refractivity contribution in [1.82, 2.24) is 0 Å². The van der Waals surface area contributed by atoms with Gasteiger partial charge in [-0.15, -0.1) is 0 Å². The SMILES string of the molecule is COC(C)(CN)CCc1ccsc1. The summed E-state index contributed by atoms with van der Waals surface area (Å²) >= 11 is 1.73. The van der Waals surface area contributed by atoms with Crippen LogP contribution in [0.5, 0.6) is 0 Å². The van der Waals surface area contributed by atoms with Crippen molar-refractivity contribution in [3.05, 3.63) is 22.4 Å². The van der Waals surface area contributed by atoms with E-state index in [1.807, 2.05) is 0 Å². The lowest BCUT2D eigenvalue weighted by Crippen LogP contribution is -2.36. The fourth-order valence-electron chi connectivity index (χ4n) is 1.13. The van der Waals surface area contributed by atoms with Crippen molar-refractivity contribution < 1.29 is 4.74 Å². The Morgan fingerprint density at radius 2 is 2.38 bits per heavy atom. The van der Waals surface area contributed by atoms with E-state index in [1.54, 1.807) is 18.4 Å². The van der Waals surface area contributed by atoms with Crippen molar-refractivity contribution in [3.63, 3.8) is 0 Å². The molecule has 0 spiro atoms. The van der Waals surface area contributed by atoms with Gasteiger partial charge in [0.15, 0.2) is 0 Å². The number of hydrogen-bond donors (Lipinski definition) is 1. The average Bonchev–Trinajstić information content (AvgIpc) is 2.67. The van der Waals surface area contributed by atoms with E-state index in [4.69, 9.17) is 10.5 Å². The molecule has 13 heavy (non-hydrogen) atoms. The second kappa shape index (κ2) is 4.74. The quantitative estimate of drug-likeness (QED) is 0.787. The van der Waals surface area contributed by atoms with Crippen LogP contribution in [0.2, 0.25) is 0 Å². The maximum absolute atomic E-state index is 5.63. The van der Waals surface area contributed by atoms with Crippen molar-refractivity contribution in [2.24, 2.45) is 5.73 Å². The second-order valence-corrected chi connectivity index (χ2v) is 4.27. The van der Waals surface area contributed by atoms with Crippen LogP contribution in [0.15, 0.2) is 16.8 Å². The zero-order valence-corrected chi connectivity index (χ0v) is 9.06. The Hall–Kier alpha value is -0.380. The third kappa shape index (κ3) is 3.10. The minimum atomic E-state index is -0.165. The summed E-state index contributed by atoms with van der Waals surface area (Å²) in [5, 5.41) is 4.27. The molecule has 0 bridgehead atoms. The summed E-state index contributed by atoms with van der Waals surface area (Å²) in [7, 11) is 1.72. The third-order valence-electron chi connectivity index (χ3n) is 2.45. The molecular formula is C10H17NOS. The Bertz CT molecular complexity index is 229. The van der Waals surface area contributed by atoms with Gasteiger partial charge in [0.25, 0.3) is 0 Å². The number of ether oxygens (including phenoxy) is 1. The molecule has 2 N–H and O–H groups in total. The van der Waals surface area contributed by atoms with Crippen LogP contribution in [0.1, 0.15) is 18.9 Å². The van der Waals surface area contributed by atoms with Gasteiger partial charge >= 0.3 is 0 Å². The lowest BCUT2D eigenvalue weighted by atomic mass is 9.98. The van der Waals surface area contributed by atoms with Crippen LogP contribution in [0.3, 0.4) is 0 Å². The van der Waals surface area contributed by atoms with Crippen molar-refractivity contribution in [3.8, 4) is 0 Å². The zero-order valence-electron chi connectivity index (χ0n) is 8.25. The Balaban J connectivity index is 2.41. The van der Waals surface area contributed by atoms with Crippen molar-refractivity contribution in [2.45, 2.75) is 25.4 Å². The molecule has 2 nitrogen and oxygen atoms in total. The summed E-state index contributed by atoms with van der Waals surface area (Å²) in [6.45, 7) is 2.63. The maximum Gasteiger partial charge on any atom is 0.0775 e.